The van der Waals surface area contributed by atoms with Crippen LogP contribution in [-0.4, -0.2) is 22.0 Å². The van der Waals surface area contributed by atoms with E-state index >= 15 is 0 Å². The fourth-order valence-corrected chi connectivity index (χ4v) is 4.30. The largest absolute Gasteiger partial charge is 0.361 e. The number of H-pyrrole nitrogens is 1. The van der Waals surface area contributed by atoms with Gasteiger partial charge in [-0.05, 0) is 54.3 Å². The third-order valence-corrected chi connectivity index (χ3v) is 5.83. The number of alkyl halides is 1. The number of carbonyl (C=O) groups is 1. The summed E-state index contributed by atoms with van der Waals surface area (Å²) in [7, 11) is 0. The van der Waals surface area contributed by atoms with Crippen molar-refractivity contribution in [1.29, 1.82) is 0 Å². The van der Waals surface area contributed by atoms with Gasteiger partial charge in [0, 0.05) is 17.1 Å². The standard InChI is InChI=1S/C20H16FN3OS/c1-10-2-4-15-12(6-7-22-15)18(10)11-3-5-16-17(8-11)26-20(23-16)24-19(25)13-9-14(13)21/h2-8,13-14,22H,9H2,1H3,(H,23,24,25)/t13-,14+/m1/s1. The molecule has 130 valence electrons. The Bertz CT molecular complexity index is 1160. The number of hydrogen-bond donors (Lipinski definition) is 2. The Labute approximate surface area is 153 Å². The van der Waals surface area contributed by atoms with Crippen molar-refractivity contribution in [1.82, 2.24) is 9.97 Å². The highest BCUT2D eigenvalue weighted by Gasteiger charge is 2.43. The number of anilines is 1. The Morgan fingerprint density at radius 1 is 1.31 bits per heavy atom. The molecule has 4 nitrogen and oxygen atoms in total. The highest BCUT2D eigenvalue weighted by molar-refractivity contribution is 7.22. The zero-order chi connectivity index (χ0) is 17.8. The third kappa shape index (κ3) is 2.49. The molecule has 0 unspecified atom stereocenters. The molecule has 1 aliphatic rings. The number of aryl methyl sites for hydroxylation is 1. The summed E-state index contributed by atoms with van der Waals surface area (Å²) in [4.78, 5) is 19.6. The second-order valence-corrected chi connectivity index (χ2v) is 7.78. The maximum Gasteiger partial charge on any atom is 0.232 e. The van der Waals surface area contributed by atoms with E-state index in [0.29, 0.717) is 11.6 Å². The smallest absolute Gasteiger partial charge is 0.232 e. The van der Waals surface area contributed by atoms with Gasteiger partial charge in [0.15, 0.2) is 5.13 Å². The number of rotatable bonds is 3. The first-order chi connectivity index (χ1) is 12.6. The molecule has 26 heavy (non-hydrogen) atoms. The maximum atomic E-state index is 13.0. The van der Waals surface area contributed by atoms with Crippen LogP contribution in [0.3, 0.4) is 0 Å². The summed E-state index contributed by atoms with van der Waals surface area (Å²) in [5.74, 6) is -0.781. The van der Waals surface area contributed by atoms with Crippen LogP contribution in [0.15, 0.2) is 42.6 Å². The van der Waals surface area contributed by atoms with E-state index in [1.165, 1.54) is 27.8 Å². The Hall–Kier alpha value is -2.73. The van der Waals surface area contributed by atoms with Crippen molar-refractivity contribution in [2.24, 2.45) is 5.92 Å². The number of aromatic amines is 1. The van der Waals surface area contributed by atoms with Crippen molar-refractivity contribution in [2.45, 2.75) is 19.5 Å². The fraction of sp³-hybridized carbons (Fsp3) is 0.200. The number of amides is 1. The van der Waals surface area contributed by atoms with Gasteiger partial charge in [-0.1, -0.05) is 23.5 Å². The molecule has 2 N–H and O–H groups in total. The van der Waals surface area contributed by atoms with Gasteiger partial charge in [0.2, 0.25) is 5.91 Å². The number of thiazole rings is 1. The number of nitrogens with one attached hydrogen (secondary N) is 2. The minimum atomic E-state index is -0.999. The predicted molar refractivity (Wildman–Crippen MR) is 103 cm³/mol. The molecule has 1 saturated carbocycles. The fourth-order valence-electron chi connectivity index (χ4n) is 3.39. The first kappa shape index (κ1) is 15.5. The van der Waals surface area contributed by atoms with E-state index in [1.807, 2.05) is 12.3 Å². The summed E-state index contributed by atoms with van der Waals surface area (Å²) < 4.78 is 14.0. The molecule has 0 radical (unpaired) electrons. The topological polar surface area (TPSA) is 57.8 Å². The molecule has 0 bridgehead atoms. The first-order valence-corrected chi connectivity index (χ1v) is 9.34. The molecule has 2 heterocycles. The second kappa shape index (κ2) is 5.64. The lowest BCUT2D eigenvalue weighted by atomic mass is 9.97. The van der Waals surface area contributed by atoms with E-state index in [1.54, 1.807) is 0 Å². The maximum absolute atomic E-state index is 13.0. The lowest BCUT2D eigenvalue weighted by molar-refractivity contribution is -0.117. The van der Waals surface area contributed by atoms with E-state index in [-0.39, 0.29) is 5.91 Å². The number of halogens is 1. The molecule has 0 aliphatic heterocycles. The van der Waals surface area contributed by atoms with Crippen LogP contribution >= 0.6 is 11.3 Å². The zero-order valence-corrected chi connectivity index (χ0v) is 14.9. The molecular formula is C20H16FN3OS. The molecule has 2 atom stereocenters. The summed E-state index contributed by atoms with van der Waals surface area (Å²) in [5, 5.41) is 4.45. The molecule has 1 aliphatic carbocycles. The van der Waals surface area contributed by atoms with Crippen molar-refractivity contribution in [2.75, 3.05) is 5.32 Å². The minimum absolute atomic E-state index is 0.273. The molecule has 2 aromatic carbocycles. The molecule has 6 heteroatoms. The predicted octanol–water partition coefficient (Wildman–Crippen LogP) is 5.05. The quantitative estimate of drug-likeness (QED) is 0.534. The van der Waals surface area contributed by atoms with E-state index in [0.717, 1.165) is 21.3 Å². The molecular weight excluding hydrogens is 349 g/mol. The molecule has 0 spiro atoms. The van der Waals surface area contributed by atoms with Crippen LogP contribution in [-0.2, 0) is 4.79 Å². The van der Waals surface area contributed by atoms with Crippen LogP contribution in [0.4, 0.5) is 9.52 Å². The van der Waals surface area contributed by atoms with Crippen LogP contribution in [0.2, 0.25) is 0 Å². The Morgan fingerprint density at radius 3 is 2.96 bits per heavy atom. The molecule has 2 aromatic heterocycles. The number of fused-ring (bicyclic) bond motifs is 2. The summed E-state index contributed by atoms with van der Waals surface area (Å²) in [6, 6.07) is 12.4. The summed E-state index contributed by atoms with van der Waals surface area (Å²) in [5.41, 5.74) is 5.46. The van der Waals surface area contributed by atoms with Gasteiger partial charge in [-0.3, -0.25) is 4.79 Å². The van der Waals surface area contributed by atoms with E-state index in [2.05, 4.69) is 52.5 Å². The number of aromatic nitrogens is 2. The van der Waals surface area contributed by atoms with Crippen LogP contribution < -0.4 is 5.32 Å². The second-order valence-electron chi connectivity index (χ2n) is 6.75. The normalized spacial score (nSPS) is 19.2. The monoisotopic (exact) mass is 365 g/mol. The number of hydrogen-bond acceptors (Lipinski definition) is 3. The van der Waals surface area contributed by atoms with Crippen LogP contribution in [0.5, 0.6) is 0 Å². The van der Waals surface area contributed by atoms with Gasteiger partial charge in [-0.15, -0.1) is 0 Å². The SMILES string of the molecule is Cc1ccc2[nH]ccc2c1-c1ccc2nc(NC(=O)[C@@H]3C[C@@H]3F)sc2c1. The van der Waals surface area contributed by atoms with Gasteiger partial charge < -0.3 is 10.3 Å². The first-order valence-electron chi connectivity index (χ1n) is 8.53. The number of nitrogens with zero attached hydrogens (tertiary/aromatic N) is 1. The summed E-state index contributed by atoms with van der Waals surface area (Å²) in [6.07, 6.45) is 1.27. The van der Waals surface area contributed by atoms with Crippen molar-refractivity contribution in [3.8, 4) is 11.1 Å². The lowest BCUT2D eigenvalue weighted by Crippen LogP contribution is -2.14. The zero-order valence-electron chi connectivity index (χ0n) is 14.0. The van der Waals surface area contributed by atoms with Crippen LogP contribution in [0, 0.1) is 12.8 Å². The Kier molecular flexibility index (Phi) is 3.37. The van der Waals surface area contributed by atoms with Gasteiger partial charge >= 0.3 is 0 Å². The molecule has 5 rings (SSSR count). The van der Waals surface area contributed by atoms with Crippen LogP contribution in [0.1, 0.15) is 12.0 Å². The molecule has 1 fully saturated rings. The van der Waals surface area contributed by atoms with Crippen LogP contribution in [0.25, 0.3) is 32.2 Å². The Balaban J connectivity index is 1.54. The van der Waals surface area contributed by atoms with Gasteiger partial charge in [-0.25, -0.2) is 9.37 Å². The van der Waals surface area contributed by atoms with Crippen molar-refractivity contribution in [3.63, 3.8) is 0 Å². The van der Waals surface area contributed by atoms with Crippen molar-refractivity contribution in [3.05, 3.63) is 48.2 Å². The van der Waals surface area contributed by atoms with E-state index in [9.17, 15) is 9.18 Å². The van der Waals surface area contributed by atoms with Gasteiger partial charge in [-0.2, -0.15) is 0 Å². The van der Waals surface area contributed by atoms with E-state index in [4.69, 9.17) is 0 Å². The molecule has 0 saturated heterocycles. The van der Waals surface area contributed by atoms with Gasteiger partial charge in [0.25, 0.3) is 0 Å². The van der Waals surface area contributed by atoms with Gasteiger partial charge in [0.1, 0.15) is 6.17 Å². The summed E-state index contributed by atoms with van der Waals surface area (Å²) >= 11 is 1.42. The van der Waals surface area contributed by atoms with Crippen molar-refractivity contribution < 1.29 is 9.18 Å². The molecule has 4 aromatic rings. The number of benzene rings is 2. The Morgan fingerprint density at radius 2 is 2.15 bits per heavy atom. The highest BCUT2D eigenvalue weighted by atomic mass is 32.1. The summed E-state index contributed by atoms with van der Waals surface area (Å²) in [6.45, 7) is 2.10. The average Bonchev–Trinajstić information content (AvgIpc) is 3.02. The average molecular weight is 365 g/mol. The molecule has 1 amide bonds. The highest BCUT2D eigenvalue weighted by Crippen LogP contribution is 2.37. The number of carbonyl (C=O) groups excluding carboxylic acids is 1. The van der Waals surface area contributed by atoms with Crippen molar-refractivity contribution >= 4 is 43.5 Å². The third-order valence-electron chi connectivity index (χ3n) is 4.90. The van der Waals surface area contributed by atoms with E-state index < -0.39 is 12.1 Å². The van der Waals surface area contributed by atoms with Gasteiger partial charge in [0.05, 0.1) is 16.1 Å². The minimum Gasteiger partial charge on any atom is -0.361 e. The lowest BCUT2D eigenvalue weighted by Gasteiger charge is -2.08.